The number of rotatable bonds is 2. The van der Waals surface area contributed by atoms with E-state index in [1.165, 1.54) is 49.3 Å². The standard InChI is InChI=1S/C37H24N2O/c1-23-9-8-13-29-31-22-25(18-20-36(31)40-37(23)29)39-34-16-7-4-12-28(34)30-21-24(17-19-35(30)39)38-32-14-5-2-10-26(32)27-11-3-6-15-33(27)38/h2-22H,1H3. The van der Waals surface area contributed by atoms with E-state index in [4.69, 9.17) is 4.42 Å². The fourth-order valence-corrected chi connectivity index (χ4v) is 6.65. The van der Waals surface area contributed by atoms with Crippen LogP contribution in [0.4, 0.5) is 0 Å². The van der Waals surface area contributed by atoms with Gasteiger partial charge < -0.3 is 13.6 Å². The Labute approximate surface area is 230 Å². The molecule has 40 heavy (non-hydrogen) atoms. The van der Waals surface area contributed by atoms with E-state index >= 15 is 0 Å². The molecule has 0 radical (unpaired) electrons. The molecule has 0 fully saturated rings. The molecule has 9 rings (SSSR count). The zero-order chi connectivity index (χ0) is 26.4. The van der Waals surface area contributed by atoms with Crippen LogP contribution < -0.4 is 0 Å². The summed E-state index contributed by atoms with van der Waals surface area (Å²) in [4.78, 5) is 0. The minimum Gasteiger partial charge on any atom is -0.456 e. The third kappa shape index (κ3) is 2.84. The van der Waals surface area contributed by atoms with Gasteiger partial charge in [-0.25, -0.2) is 0 Å². The van der Waals surface area contributed by atoms with Gasteiger partial charge in [0.2, 0.25) is 0 Å². The van der Waals surface area contributed by atoms with E-state index < -0.39 is 0 Å². The van der Waals surface area contributed by atoms with Crippen LogP contribution in [0, 0.1) is 6.92 Å². The molecule has 3 nitrogen and oxygen atoms in total. The Kier molecular flexibility index (Phi) is 4.26. The van der Waals surface area contributed by atoms with Gasteiger partial charge >= 0.3 is 0 Å². The topological polar surface area (TPSA) is 23.0 Å². The van der Waals surface area contributed by atoms with Crippen molar-refractivity contribution in [1.82, 2.24) is 9.13 Å². The predicted molar refractivity (Wildman–Crippen MR) is 167 cm³/mol. The average Bonchev–Trinajstić information content (AvgIpc) is 3.65. The van der Waals surface area contributed by atoms with E-state index in [0.29, 0.717) is 0 Å². The molecule has 0 saturated carbocycles. The van der Waals surface area contributed by atoms with Crippen molar-refractivity contribution in [2.24, 2.45) is 0 Å². The molecule has 0 amide bonds. The van der Waals surface area contributed by atoms with Gasteiger partial charge in [0.1, 0.15) is 11.2 Å². The number of para-hydroxylation sites is 4. The van der Waals surface area contributed by atoms with Crippen molar-refractivity contribution >= 4 is 65.6 Å². The van der Waals surface area contributed by atoms with Crippen LogP contribution in [0.3, 0.4) is 0 Å². The molecule has 3 heteroatoms. The molecule has 3 aromatic heterocycles. The summed E-state index contributed by atoms with van der Waals surface area (Å²) in [6, 6.07) is 45.9. The SMILES string of the molecule is Cc1cccc2c1oc1ccc(-n3c4ccccc4c4cc(-n5c6ccccc6c6ccccc65)ccc43)cc12. The highest BCUT2D eigenvalue weighted by atomic mass is 16.3. The van der Waals surface area contributed by atoms with E-state index in [-0.39, 0.29) is 0 Å². The van der Waals surface area contributed by atoms with E-state index in [1.807, 2.05) is 0 Å². The van der Waals surface area contributed by atoms with Crippen molar-refractivity contribution in [2.45, 2.75) is 6.92 Å². The number of aryl methyl sites for hydroxylation is 1. The van der Waals surface area contributed by atoms with Gasteiger partial charge in [-0.3, -0.25) is 0 Å². The first-order valence-corrected chi connectivity index (χ1v) is 13.7. The lowest BCUT2D eigenvalue weighted by atomic mass is 10.1. The maximum atomic E-state index is 6.25. The Morgan fingerprint density at radius 2 is 0.925 bits per heavy atom. The van der Waals surface area contributed by atoms with Crippen molar-refractivity contribution < 1.29 is 4.42 Å². The van der Waals surface area contributed by atoms with E-state index in [1.54, 1.807) is 0 Å². The summed E-state index contributed by atoms with van der Waals surface area (Å²) in [5.41, 5.74) is 10.2. The molecule has 9 aromatic rings. The fraction of sp³-hybridized carbons (Fsp3) is 0.0270. The summed E-state index contributed by atoms with van der Waals surface area (Å²) in [5, 5.41) is 7.33. The number of nitrogens with zero attached hydrogens (tertiary/aromatic N) is 2. The van der Waals surface area contributed by atoms with Crippen LogP contribution in [0.5, 0.6) is 0 Å². The molecule has 6 aromatic carbocycles. The van der Waals surface area contributed by atoms with Gasteiger partial charge in [-0.15, -0.1) is 0 Å². The van der Waals surface area contributed by atoms with E-state index in [9.17, 15) is 0 Å². The Morgan fingerprint density at radius 1 is 0.425 bits per heavy atom. The van der Waals surface area contributed by atoms with Crippen molar-refractivity contribution in [2.75, 3.05) is 0 Å². The lowest BCUT2D eigenvalue weighted by Crippen LogP contribution is -1.95. The van der Waals surface area contributed by atoms with Gasteiger partial charge in [0.15, 0.2) is 0 Å². The zero-order valence-corrected chi connectivity index (χ0v) is 21.9. The van der Waals surface area contributed by atoms with Gasteiger partial charge in [-0.1, -0.05) is 72.8 Å². The first kappa shape index (κ1) is 21.6. The van der Waals surface area contributed by atoms with Gasteiger partial charge in [0.05, 0.1) is 22.1 Å². The molecule has 0 aliphatic heterocycles. The Balaban J connectivity index is 1.34. The molecule has 0 aliphatic rings. The van der Waals surface area contributed by atoms with Gasteiger partial charge in [0, 0.05) is 43.7 Å². The fourth-order valence-electron chi connectivity index (χ4n) is 6.65. The minimum atomic E-state index is 0.919. The first-order valence-electron chi connectivity index (χ1n) is 13.7. The number of benzene rings is 6. The number of hydrogen-bond acceptors (Lipinski definition) is 1. The second-order valence-corrected chi connectivity index (χ2v) is 10.7. The molecular formula is C37H24N2O. The molecule has 0 spiro atoms. The quantitative estimate of drug-likeness (QED) is 0.226. The van der Waals surface area contributed by atoms with Gasteiger partial charge in [-0.05, 0) is 67.1 Å². The molecular weight excluding hydrogens is 488 g/mol. The summed E-state index contributed by atoms with van der Waals surface area (Å²) < 4.78 is 11.0. The largest absolute Gasteiger partial charge is 0.456 e. The second kappa shape index (κ2) is 7.87. The summed E-state index contributed by atoms with van der Waals surface area (Å²) in [7, 11) is 0. The van der Waals surface area contributed by atoms with Crippen LogP contribution in [0.1, 0.15) is 5.56 Å². The lowest BCUT2D eigenvalue weighted by molar-refractivity contribution is 0.665. The van der Waals surface area contributed by atoms with Crippen molar-refractivity contribution in [3.63, 3.8) is 0 Å². The third-order valence-electron chi connectivity index (χ3n) is 8.43. The van der Waals surface area contributed by atoms with Crippen LogP contribution in [-0.2, 0) is 0 Å². The molecule has 3 heterocycles. The normalized spacial score (nSPS) is 12.1. The molecule has 188 valence electrons. The average molecular weight is 513 g/mol. The van der Waals surface area contributed by atoms with Crippen LogP contribution in [0.15, 0.2) is 132 Å². The van der Waals surface area contributed by atoms with Gasteiger partial charge in [0.25, 0.3) is 0 Å². The number of hydrogen-bond donors (Lipinski definition) is 0. The monoisotopic (exact) mass is 512 g/mol. The predicted octanol–water partition coefficient (Wildman–Crippen LogP) is 10.1. The maximum absolute atomic E-state index is 6.25. The van der Waals surface area contributed by atoms with Crippen LogP contribution in [-0.4, -0.2) is 9.13 Å². The Hall–Kier alpha value is -5.28. The number of furan rings is 1. The van der Waals surface area contributed by atoms with Crippen molar-refractivity contribution in [3.8, 4) is 11.4 Å². The van der Waals surface area contributed by atoms with Crippen LogP contribution in [0.2, 0.25) is 0 Å². The van der Waals surface area contributed by atoms with E-state index in [2.05, 4.69) is 143 Å². The molecule has 0 bridgehead atoms. The smallest absolute Gasteiger partial charge is 0.138 e. The van der Waals surface area contributed by atoms with Crippen LogP contribution >= 0.6 is 0 Å². The van der Waals surface area contributed by atoms with Crippen molar-refractivity contribution in [1.29, 1.82) is 0 Å². The third-order valence-corrected chi connectivity index (χ3v) is 8.43. The minimum absolute atomic E-state index is 0.919. The molecule has 0 saturated heterocycles. The van der Waals surface area contributed by atoms with Crippen LogP contribution in [0.25, 0.3) is 76.9 Å². The maximum Gasteiger partial charge on any atom is 0.138 e. The van der Waals surface area contributed by atoms with E-state index in [0.717, 1.165) is 33.2 Å². The lowest BCUT2D eigenvalue weighted by Gasteiger charge is -2.10. The zero-order valence-electron chi connectivity index (χ0n) is 21.9. The summed E-state index contributed by atoms with van der Waals surface area (Å²) in [6.07, 6.45) is 0. The molecule has 0 atom stereocenters. The molecule has 0 unspecified atom stereocenters. The highest BCUT2D eigenvalue weighted by Crippen LogP contribution is 2.38. The molecule has 0 aliphatic carbocycles. The summed E-state index contributed by atoms with van der Waals surface area (Å²) in [6.45, 7) is 2.10. The first-order chi connectivity index (χ1) is 19.8. The summed E-state index contributed by atoms with van der Waals surface area (Å²) in [5.74, 6) is 0. The Morgan fingerprint density at radius 3 is 1.57 bits per heavy atom. The highest BCUT2D eigenvalue weighted by molar-refractivity contribution is 6.13. The van der Waals surface area contributed by atoms with Crippen molar-refractivity contribution in [3.05, 3.63) is 133 Å². The highest BCUT2D eigenvalue weighted by Gasteiger charge is 2.17. The molecule has 0 N–H and O–H groups in total. The van der Waals surface area contributed by atoms with Gasteiger partial charge in [-0.2, -0.15) is 0 Å². The number of aromatic nitrogens is 2. The second-order valence-electron chi connectivity index (χ2n) is 10.7. The number of fused-ring (bicyclic) bond motifs is 9. The summed E-state index contributed by atoms with van der Waals surface area (Å²) >= 11 is 0. The Bertz CT molecular complexity index is 2400.